The Hall–Kier alpha value is -5.40. The van der Waals surface area contributed by atoms with Gasteiger partial charge in [-0.15, -0.1) is 13.2 Å². The van der Waals surface area contributed by atoms with E-state index in [-0.39, 0.29) is 55.8 Å². The van der Waals surface area contributed by atoms with Gasteiger partial charge < -0.3 is 24.6 Å². The summed E-state index contributed by atoms with van der Waals surface area (Å²) in [7, 11) is 0. The number of esters is 2. The van der Waals surface area contributed by atoms with E-state index in [0.29, 0.717) is 11.6 Å². The molecule has 0 spiro atoms. The zero-order valence-electron chi connectivity index (χ0n) is 25.9. The molecule has 48 heavy (non-hydrogen) atoms. The van der Waals surface area contributed by atoms with E-state index in [2.05, 4.69) is 33.9 Å². The zero-order chi connectivity index (χ0) is 35.6. The van der Waals surface area contributed by atoms with Crippen LogP contribution in [0.2, 0.25) is 0 Å². The summed E-state index contributed by atoms with van der Waals surface area (Å²) in [6, 6.07) is 12.4. The Morgan fingerprint density at radius 1 is 1.00 bits per heavy atom. The summed E-state index contributed by atoms with van der Waals surface area (Å²) in [5.41, 5.74) is -0.843. The molecule has 1 aliphatic rings. The molecule has 11 nitrogen and oxygen atoms in total. The standard InChI is InChI=1S/C24H26F3N5O3.C7H4F3NO2/c1-4-35-22(33)19-13-17(14-28)21(30-20(19)24(25,26)27)31-9-11-32(12-10-31)23(34)29-18-7-5-16(6-8-18)15(2)3;8-7(9,10)13-6(12)5-2-1-3-11-4-5/h5-8,13,15H,4,9-12H2,1-3H3,(H,29,34);1-4H. The van der Waals surface area contributed by atoms with Gasteiger partial charge >= 0.3 is 30.5 Å². The van der Waals surface area contributed by atoms with E-state index in [1.165, 1.54) is 35.1 Å². The van der Waals surface area contributed by atoms with Crippen molar-refractivity contribution < 1.29 is 50.2 Å². The first-order valence-electron chi connectivity index (χ1n) is 14.3. The second kappa shape index (κ2) is 15.9. The van der Waals surface area contributed by atoms with Crippen molar-refractivity contribution >= 4 is 29.5 Å². The summed E-state index contributed by atoms with van der Waals surface area (Å²) < 4.78 is 83.4. The van der Waals surface area contributed by atoms with E-state index in [9.17, 15) is 46.0 Å². The van der Waals surface area contributed by atoms with Crippen LogP contribution in [0.3, 0.4) is 0 Å². The van der Waals surface area contributed by atoms with Gasteiger partial charge in [-0.2, -0.15) is 18.4 Å². The van der Waals surface area contributed by atoms with Crippen LogP contribution in [0.4, 0.5) is 42.6 Å². The summed E-state index contributed by atoms with van der Waals surface area (Å²) in [4.78, 5) is 45.5. The summed E-state index contributed by atoms with van der Waals surface area (Å²) >= 11 is 0. The molecule has 1 fully saturated rings. The Bertz CT molecular complexity index is 1620. The molecular formula is C31H30F6N6O5. The number of ether oxygens (including phenoxy) is 2. The van der Waals surface area contributed by atoms with Gasteiger partial charge in [0.05, 0.1) is 23.3 Å². The van der Waals surface area contributed by atoms with Gasteiger partial charge in [0.25, 0.3) is 0 Å². The number of piperazine rings is 1. The number of aromatic nitrogens is 2. The van der Waals surface area contributed by atoms with E-state index < -0.39 is 35.7 Å². The van der Waals surface area contributed by atoms with E-state index in [1.54, 1.807) is 0 Å². The number of pyridine rings is 2. The number of hydrogen-bond acceptors (Lipinski definition) is 9. The maximum Gasteiger partial charge on any atom is 0.575 e. The third kappa shape index (κ3) is 10.3. The minimum atomic E-state index is -4.95. The summed E-state index contributed by atoms with van der Waals surface area (Å²) in [6.45, 7) is 6.24. The number of nitrogens with zero attached hydrogens (tertiary/aromatic N) is 5. The number of nitrogens with one attached hydrogen (secondary N) is 1. The van der Waals surface area contributed by atoms with Gasteiger partial charge in [0, 0.05) is 44.3 Å². The minimum absolute atomic E-state index is 0.119. The van der Waals surface area contributed by atoms with Crippen LogP contribution in [0.5, 0.6) is 0 Å². The van der Waals surface area contributed by atoms with Crippen LogP contribution >= 0.6 is 0 Å². The monoisotopic (exact) mass is 680 g/mol. The van der Waals surface area contributed by atoms with Crippen LogP contribution in [0.25, 0.3) is 0 Å². The third-order valence-electron chi connectivity index (χ3n) is 6.69. The number of carbonyl (C=O) groups excluding carboxylic acids is 3. The fourth-order valence-corrected chi connectivity index (χ4v) is 4.33. The fourth-order valence-electron chi connectivity index (χ4n) is 4.33. The fraction of sp³-hybridized carbons (Fsp3) is 0.355. The van der Waals surface area contributed by atoms with Gasteiger partial charge in [-0.05, 0) is 48.7 Å². The SMILES string of the molecule is CCOC(=O)c1cc(C#N)c(N2CCN(C(=O)Nc3ccc(C(C)C)cc3)CC2)nc1C(F)(F)F.O=C(OC(F)(F)F)c1cccnc1. The number of hydrogen-bond donors (Lipinski definition) is 1. The van der Waals surface area contributed by atoms with Gasteiger partial charge in [0.2, 0.25) is 0 Å². The molecule has 1 aromatic carbocycles. The Morgan fingerprint density at radius 3 is 2.15 bits per heavy atom. The number of rotatable bonds is 6. The maximum atomic E-state index is 13.6. The molecule has 17 heteroatoms. The van der Waals surface area contributed by atoms with E-state index in [0.717, 1.165) is 17.8 Å². The molecule has 0 radical (unpaired) electrons. The Morgan fingerprint density at radius 2 is 1.65 bits per heavy atom. The molecular weight excluding hydrogens is 650 g/mol. The molecule has 0 aliphatic carbocycles. The van der Waals surface area contributed by atoms with Crippen LogP contribution in [-0.4, -0.2) is 72.0 Å². The molecule has 2 amide bonds. The van der Waals surface area contributed by atoms with Gasteiger partial charge in [-0.3, -0.25) is 4.98 Å². The van der Waals surface area contributed by atoms with Crippen molar-refractivity contribution in [3.05, 3.63) is 82.8 Å². The van der Waals surface area contributed by atoms with Crippen LogP contribution in [0.15, 0.2) is 54.9 Å². The second-order valence-electron chi connectivity index (χ2n) is 10.3. The zero-order valence-corrected chi connectivity index (χ0v) is 25.9. The first kappa shape index (κ1) is 37.1. The van der Waals surface area contributed by atoms with Gasteiger partial charge in [0.15, 0.2) is 5.69 Å². The minimum Gasteiger partial charge on any atom is -0.462 e. The molecule has 0 unspecified atom stereocenters. The quantitative estimate of drug-likeness (QED) is 0.232. The molecule has 0 saturated carbocycles. The number of benzene rings is 1. The number of urea groups is 1. The van der Waals surface area contributed by atoms with E-state index in [4.69, 9.17) is 4.74 Å². The largest absolute Gasteiger partial charge is 0.575 e. The summed E-state index contributed by atoms with van der Waals surface area (Å²) in [5, 5.41) is 12.3. The Kier molecular flexibility index (Phi) is 12.3. The predicted octanol–water partition coefficient (Wildman–Crippen LogP) is 6.38. The predicted molar refractivity (Wildman–Crippen MR) is 159 cm³/mol. The van der Waals surface area contributed by atoms with Crippen molar-refractivity contribution in [1.29, 1.82) is 5.26 Å². The van der Waals surface area contributed by atoms with Gasteiger partial charge in [0.1, 0.15) is 11.9 Å². The lowest BCUT2D eigenvalue weighted by Crippen LogP contribution is -2.50. The summed E-state index contributed by atoms with van der Waals surface area (Å²) in [6.07, 6.45) is -7.54. The number of halogens is 6. The lowest BCUT2D eigenvalue weighted by atomic mass is 10.0. The maximum absolute atomic E-state index is 13.6. The lowest BCUT2D eigenvalue weighted by Gasteiger charge is -2.36. The lowest BCUT2D eigenvalue weighted by molar-refractivity contribution is -0.291. The van der Waals surface area contributed by atoms with Crippen molar-refractivity contribution in [3.63, 3.8) is 0 Å². The highest BCUT2D eigenvalue weighted by Crippen LogP contribution is 2.34. The van der Waals surface area contributed by atoms with Crippen molar-refractivity contribution in [2.24, 2.45) is 0 Å². The van der Waals surface area contributed by atoms with E-state index >= 15 is 0 Å². The second-order valence-corrected chi connectivity index (χ2v) is 10.3. The van der Waals surface area contributed by atoms with Crippen LogP contribution in [0, 0.1) is 11.3 Å². The van der Waals surface area contributed by atoms with Gasteiger partial charge in [-0.25, -0.2) is 19.4 Å². The van der Waals surface area contributed by atoms with E-state index in [1.807, 2.05) is 30.3 Å². The Labute approximate surface area is 271 Å². The molecule has 3 heterocycles. The molecule has 1 N–H and O–H groups in total. The van der Waals surface area contributed by atoms with Crippen molar-refractivity contribution in [2.45, 2.75) is 39.2 Å². The molecule has 256 valence electrons. The first-order chi connectivity index (χ1) is 22.5. The molecule has 3 aromatic rings. The topological polar surface area (TPSA) is 138 Å². The summed E-state index contributed by atoms with van der Waals surface area (Å²) in [5.74, 6) is -2.47. The average molecular weight is 681 g/mol. The van der Waals surface area contributed by atoms with Crippen LogP contribution < -0.4 is 10.2 Å². The first-order valence-corrected chi connectivity index (χ1v) is 14.3. The van der Waals surface area contributed by atoms with Crippen molar-refractivity contribution in [1.82, 2.24) is 14.9 Å². The number of amides is 2. The highest BCUT2D eigenvalue weighted by Gasteiger charge is 2.40. The normalized spacial score (nSPS) is 13.2. The number of alkyl halides is 6. The molecule has 1 aliphatic heterocycles. The number of anilines is 2. The average Bonchev–Trinajstić information content (AvgIpc) is 3.04. The molecule has 2 aromatic heterocycles. The number of carbonyl (C=O) groups is 3. The Balaban J connectivity index is 0.000000402. The van der Waals surface area contributed by atoms with Gasteiger partial charge in [-0.1, -0.05) is 26.0 Å². The van der Waals surface area contributed by atoms with Crippen LogP contribution in [-0.2, 0) is 15.7 Å². The highest BCUT2D eigenvalue weighted by atomic mass is 19.4. The third-order valence-corrected chi connectivity index (χ3v) is 6.69. The molecule has 4 rings (SSSR count). The van der Waals surface area contributed by atoms with Crippen LogP contribution in [0.1, 0.15) is 64.2 Å². The molecule has 0 atom stereocenters. The van der Waals surface area contributed by atoms with Crippen molar-refractivity contribution in [2.75, 3.05) is 43.0 Å². The molecule has 1 saturated heterocycles. The molecule has 0 bridgehead atoms. The highest BCUT2D eigenvalue weighted by molar-refractivity contribution is 5.92. The van der Waals surface area contributed by atoms with Crippen molar-refractivity contribution in [3.8, 4) is 6.07 Å². The number of nitriles is 1. The smallest absolute Gasteiger partial charge is 0.462 e.